The molecule has 1 heterocycles. The van der Waals surface area contributed by atoms with E-state index in [0.29, 0.717) is 0 Å². The third-order valence-electron chi connectivity index (χ3n) is 3.25. The average molecular weight is 311 g/mol. The smallest absolute Gasteiger partial charge is 0.244 e. The topological polar surface area (TPSA) is 118 Å². The summed E-state index contributed by atoms with van der Waals surface area (Å²) < 4.78 is 26.7. The highest BCUT2D eigenvalue weighted by Gasteiger charge is 2.30. The molecule has 1 fully saturated rings. The van der Waals surface area contributed by atoms with Gasteiger partial charge in [0.25, 0.3) is 0 Å². The zero-order chi connectivity index (χ0) is 15.6. The van der Waals surface area contributed by atoms with Gasteiger partial charge in [0, 0.05) is 12.5 Å². The molecule has 0 bridgehead atoms. The fraction of sp³-hybridized carbons (Fsp3) is 0.385. The van der Waals surface area contributed by atoms with Gasteiger partial charge in [-0.25, -0.2) is 8.42 Å². The van der Waals surface area contributed by atoms with E-state index in [1.54, 1.807) is 19.1 Å². The second-order valence-corrected chi connectivity index (χ2v) is 6.70. The minimum atomic E-state index is -3.82. The third-order valence-corrected chi connectivity index (χ3v) is 4.74. The van der Waals surface area contributed by atoms with E-state index in [-0.39, 0.29) is 23.8 Å². The van der Waals surface area contributed by atoms with Crippen LogP contribution < -0.4 is 15.8 Å². The molecule has 8 heteroatoms. The van der Waals surface area contributed by atoms with Crippen molar-refractivity contribution < 1.29 is 18.0 Å². The second kappa shape index (κ2) is 5.92. The molecule has 1 aliphatic rings. The van der Waals surface area contributed by atoms with Crippen molar-refractivity contribution in [3.05, 3.63) is 29.8 Å². The molecule has 1 aromatic carbocycles. The molecule has 21 heavy (non-hydrogen) atoms. The number of amides is 2. The van der Waals surface area contributed by atoms with Gasteiger partial charge in [0.15, 0.2) is 0 Å². The van der Waals surface area contributed by atoms with Crippen LogP contribution in [0.5, 0.6) is 0 Å². The predicted octanol–water partition coefficient (Wildman–Crippen LogP) is -0.210. The van der Waals surface area contributed by atoms with E-state index in [1.807, 2.05) is 0 Å². The highest BCUT2D eigenvalue weighted by atomic mass is 32.2. The fourth-order valence-electron chi connectivity index (χ4n) is 2.01. The van der Waals surface area contributed by atoms with E-state index in [9.17, 15) is 18.0 Å². The summed E-state index contributed by atoms with van der Waals surface area (Å²) in [6.45, 7) is 1.80. The normalized spacial score (nSPS) is 21.0. The number of rotatable bonds is 4. The number of hydrogen-bond acceptors (Lipinski definition) is 5. The Morgan fingerprint density at radius 1 is 1.29 bits per heavy atom. The summed E-state index contributed by atoms with van der Waals surface area (Å²) in [5.41, 5.74) is 6.52. The molecule has 0 aromatic heterocycles. The first-order valence-corrected chi connectivity index (χ1v) is 7.99. The number of hydrogen-bond donors (Lipinski definition) is 3. The largest absolute Gasteiger partial charge is 0.324 e. The van der Waals surface area contributed by atoms with E-state index in [4.69, 9.17) is 5.73 Å². The maximum absolute atomic E-state index is 12.2. The summed E-state index contributed by atoms with van der Waals surface area (Å²) in [6, 6.07) is 5.01. The molecule has 0 radical (unpaired) electrons. The van der Waals surface area contributed by atoms with Gasteiger partial charge in [0.1, 0.15) is 6.04 Å². The first-order valence-electron chi connectivity index (χ1n) is 6.51. The van der Waals surface area contributed by atoms with Crippen LogP contribution in [0.1, 0.15) is 31.4 Å². The Bertz CT molecular complexity index is 652. The first kappa shape index (κ1) is 15.6. The van der Waals surface area contributed by atoms with Gasteiger partial charge in [-0.3, -0.25) is 14.9 Å². The molecule has 2 atom stereocenters. The SMILES string of the molecule is CC(N)c1ccc(S(=O)(=O)NC2CCC(=O)NC2=O)cc1. The maximum Gasteiger partial charge on any atom is 0.244 e. The molecule has 2 amide bonds. The van der Waals surface area contributed by atoms with Crippen molar-refractivity contribution in [2.24, 2.45) is 5.73 Å². The summed E-state index contributed by atoms with van der Waals surface area (Å²) in [7, 11) is -3.82. The van der Waals surface area contributed by atoms with E-state index < -0.39 is 27.9 Å². The van der Waals surface area contributed by atoms with Crippen LogP contribution >= 0.6 is 0 Å². The van der Waals surface area contributed by atoms with Crippen molar-refractivity contribution in [1.82, 2.24) is 10.0 Å². The van der Waals surface area contributed by atoms with Crippen LogP contribution in [0.15, 0.2) is 29.2 Å². The Morgan fingerprint density at radius 2 is 1.90 bits per heavy atom. The Balaban J connectivity index is 2.14. The molecule has 4 N–H and O–H groups in total. The second-order valence-electron chi connectivity index (χ2n) is 4.98. The summed E-state index contributed by atoms with van der Waals surface area (Å²) in [5, 5.41) is 2.11. The lowest BCUT2D eigenvalue weighted by Crippen LogP contribution is -2.52. The Labute approximate surface area is 123 Å². The molecule has 1 aromatic rings. The average Bonchev–Trinajstić information content (AvgIpc) is 2.42. The van der Waals surface area contributed by atoms with Crippen LogP contribution in [0.3, 0.4) is 0 Å². The van der Waals surface area contributed by atoms with Crippen molar-refractivity contribution in [3.63, 3.8) is 0 Å². The monoisotopic (exact) mass is 311 g/mol. The lowest BCUT2D eigenvalue weighted by atomic mass is 10.1. The van der Waals surface area contributed by atoms with Crippen molar-refractivity contribution in [3.8, 4) is 0 Å². The molecule has 0 spiro atoms. The van der Waals surface area contributed by atoms with Gasteiger partial charge in [-0.05, 0) is 31.0 Å². The Kier molecular flexibility index (Phi) is 4.40. The molecule has 1 aliphatic heterocycles. The standard InChI is InChI=1S/C13H17N3O4S/c1-8(14)9-2-4-10(5-3-9)21(19,20)16-11-6-7-12(17)15-13(11)18/h2-5,8,11,16H,6-7,14H2,1H3,(H,15,17,18). The number of carbonyl (C=O) groups is 2. The van der Waals surface area contributed by atoms with Gasteiger partial charge < -0.3 is 5.73 Å². The highest BCUT2D eigenvalue weighted by molar-refractivity contribution is 7.89. The molecular formula is C13H17N3O4S. The highest BCUT2D eigenvalue weighted by Crippen LogP contribution is 2.16. The minimum Gasteiger partial charge on any atom is -0.324 e. The summed E-state index contributed by atoms with van der Waals surface area (Å²) in [5.74, 6) is -1.02. The molecule has 0 aliphatic carbocycles. The van der Waals surface area contributed by atoms with E-state index in [2.05, 4.69) is 10.0 Å². The van der Waals surface area contributed by atoms with Crippen molar-refractivity contribution in [1.29, 1.82) is 0 Å². The van der Waals surface area contributed by atoms with Gasteiger partial charge in [-0.15, -0.1) is 0 Å². The van der Waals surface area contributed by atoms with Crippen LogP contribution in [0.4, 0.5) is 0 Å². The van der Waals surface area contributed by atoms with Crippen molar-refractivity contribution >= 4 is 21.8 Å². The lowest BCUT2D eigenvalue weighted by molar-refractivity contribution is -0.134. The van der Waals surface area contributed by atoms with Crippen LogP contribution in [0, 0.1) is 0 Å². The van der Waals surface area contributed by atoms with Crippen LogP contribution in [-0.2, 0) is 19.6 Å². The summed E-state index contributed by atoms with van der Waals surface area (Å²) >= 11 is 0. The molecule has 114 valence electrons. The number of nitrogens with two attached hydrogens (primary N) is 1. The van der Waals surface area contributed by atoms with E-state index >= 15 is 0 Å². The molecule has 2 rings (SSSR count). The minimum absolute atomic E-state index is 0.0524. The molecule has 0 saturated carbocycles. The number of benzene rings is 1. The van der Waals surface area contributed by atoms with E-state index in [0.717, 1.165) is 5.56 Å². The molecular weight excluding hydrogens is 294 g/mol. The Hall–Kier alpha value is -1.77. The number of nitrogens with one attached hydrogen (secondary N) is 2. The zero-order valence-electron chi connectivity index (χ0n) is 11.5. The van der Waals surface area contributed by atoms with Crippen LogP contribution in [0.25, 0.3) is 0 Å². The third kappa shape index (κ3) is 3.66. The van der Waals surface area contributed by atoms with E-state index in [1.165, 1.54) is 12.1 Å². The van der Waals surface area contributed by atoms with Crippen molar-refractivity contribution in [2.75, 3.05) is 0 Å². The molecule has 7 nitrogen and oxygen atoms in total. The predicted molar refractivity (Wildman–Crippen MR) is 75.5 cm³/mol. The van der Waals surface area contributed by atoms with Gasteiger partial charge in [-0.2, -0.15) is 4.72 Å². The number of carbonyl (C=O) groups excluding carboxylic acids is 2. The summed E-state index contributed by atoms with van der Waals surface area (Å²) in [6.07, 6.45) is 0.268. The van der Waals surface area contributed by atoms with Gasteiger partial charge >= 0.3 is 0 Å². The van der Waals surface area contributed by atoms with Gasteiger partial charge in [0.2, 0.25) is 21.8 Å². The van der Waals surface area contributed by atoms with Crippen LogP contribution in [-0.4, -0.2) is 26.3 Å². The zero-order valence-corrected chi connectivity index (χ0v) is 12.3. The summed E-state index contributed by atoms with van der Waals surface area (Å²) in [4.78, 5) is 22.7. The number of piperidine rings is 1. The van der Waals surface area contributed by atoms with Gasteiger partial charge in [0.05, 0.1) is 4.90 Å². The number of sulfonamides is 1. The number of imide groups is 1. The van der Waals surface area contributed by atoms with Crippen LogP contribution in [0.2, 0.25) is 0 Å². The fourth-order valence-corrected chi connectivity index (χ4v) is 3.24. The molecule has 1 saturated heterocycles. The molecule has 2 unspecified atom stereocenters. The van der Waals surface area contributed by atoms with Gasteiger partial charge in [-0.1, -0.05) is 12.1 Å². The maximum atomic E-state index is 12.2. The first-order chi connectivity index (χ1) is 9.79. The van der Waals surface area contributed by atoms with Crippen molar-refractivity contribution in [2.45, 2.75) is 36.7 Å². The Morgan fingerprint density at radius 3 is 2.43 bits per heavy atom. The quantitative estimate of drug-likeness (QED) is 0.665. The lowest BCUT2D eigenvalue weighted by Gasteiger charge is -2.21.